The van der Waals surface area contributed by atoms with Crippen LogP contribution in [0, 0.1) is 5.92 Å². The predicted octanol–water partition coefficient (Wildman–Crippen LogP) is 2.88. The highest BCUT2D eigenvalue weighted by atomic mass is 79.9. The van der Waals surface area contributed by atoms with Gasteiger partial charge in [0.25, 0.3) is 0 Å². The van der Waals surface area contributed by atoms with Gasteiger partial charge in [0.1, 0.15) is 12.0 Å². The van der Waals surface area contributed by atoms with Gasteiger partial charge in [-0.25, -0.2) is 0 Å². The van der Waals surface area contributed by atoms with Gasteiger partial charge < -0.3 is 9.26 Å². The maximum Gasteiger partial charge on any atom is 0.308 e. The van der Waals surface area contributed by atoms with E-state index in [1.165, 1.54) is 7.11 Å². The van der Waals surface area contributed by atoms with Crippen LogP contribution < -0.4 is 0 Å². The molecule has 0 bridgehead atoms. The Morgan fingerprint density at radius 3 is 2.69 bits per heavy atom. The number of hydrogen-bond acceptors (Lipinski definition) is 4. The molecule has 4 nitrogen and oxygen atoms in total. The fraction of sp³-hybridized carbons (Fsp3) is 0.636. The SMILES string of the molecule is COC(=O)C1CCC(c2nocc2Br)CC1. The van der Waals surface area contributed by atoms with Gasteiger partial charge in [0.05, 0.1) is 17.5 Å². The van der Waals surface area contributed by atoms with Gasteiger partial charge in [0.15, 0.2) is 0 Å². The molecule has 5 heteroatoms. The Morgan fingerprint density at radius 2 is 2.19 bits per heavy atom. The summed E-state index contributed by atoms with van der Waals surface area (Å²) in [5, 5.41) is 3.99. The summed E-state index contributed by atoms with van der Waals surface area (Å²) in [4.78, 5) is 11.4. The number of nitrogens with zero attached hydrogens (tertiary/aromatic N) is 1. The summed E-state index contributed by atoms with van der Waals surface area (Å²) in [6.45, 7) is 0. The van der Waals surface area contributed by atoms with Crippen LogP contribution in [0.1, 0.15) is 37.3 Å². The van der Waals surface area contributed by atoms with Gasteiger partial charge in [0.2, 0.25) is 0 Å². The summed E-state index contributed by atoms with van der Waals surface area (Å²) in [5.74, 6) is 0.374. The fourth-order valence-corrected chi connectivity index (χ4v) is 2.75. The molecule has 0 N–H and O–H groups in total. The molecule has 0 spiro atoms. The summed E-state index contributed by atoms with van der Waals surface area (Å²) >= 11 is 3.41. The van der Waals surface area contributed by atoms with Crippen LogP contribution in [0.4, 0.5) is 0 Å². The summed E-state index contributed by atoms with van der Waals surface area (Å²) in [5.41, 5.74) is 0.975. The van der Waals surface area contributed by atoms with Gasteiger partial charge in [0, 0.05) is 5.92 Å². The number of carbonyl (C=O) groups is 1. The molecule has 0 aromatic carbocycles. The molecule has 0 radical (unpaired) electrons. The molecule has 0 atom stereocenters. The Bertz CT molecular complexity index is 369. The third kappa shape index (κ3) is 2.29. The van der Waals surface area contributed by atoms with Crippen LogP contribution in [0.5, 0.6) is 0 Å². The van der Waals surface area contributed by atoms with Gasteiger partial charge in [-0.3, -0.25) is 4.79 Å². The van der Waals surface area contributed by atoms with Crippen molar-refractivity contribution in [3.05, 3.63) is 16.4 Å². The Morgan fingerprint density at radius 1 is 1.50 bits per heavy atom. The second-order valence-electron chi connectivity index (χ2n) is 4.12. The zero-order valence-corrected chi connectivity index (χ0v) is 10.7. The van der Waals surface area contributed by atoms with E-state index in [2.05, 4.69) is 21.1 Å². The van der Waals surface area contributed by atoms with E-state index in [-0.39, 0.29) is 11.9 Å². The summed E-state index contributed by atoms with van der Waals surface area (Å²) in [6.07, 6.45) is 5.27. The highest BCUT2D eigenvalue weighted by Crippen LogP contribution is 2.38. The first kappa shape index (κ1) is 11.6. The topological polar surface area (TPSA) is 52.3 Å². The Balaban J connectivity index is 1.95. The number of aromatic nitrogens is 1. The molecule has 0 unspecified atom stereocenters. The van der Waals surface area contributed by atoms with Gasteiger partial charge >= 0.3 is 5.97 Å². The number of methoxy groups -OCH3 is 1. The van der Waals surface area contributed by atoms with Crippen LogP contribution in [-0.4, -0.2) is 18.2 Å². The number of hydrogen-bond donors (Lipinski definition) is 0. The molecule has 1 saturated carbocycles. The third-order valence-electron chi connectivity index (χ3n) is 3.20. The summed E-state index contributed by atoms with van der Waals surface area (Å²) < 4.78 is 10.6. The maximum atomic E-state index is 11.4. The number of ether oxygens (including phenoxy) is 1. The highest BCUT2D eigenvalue weighted by Gasteiger charge is 2.29. The lowest BCUT2D eigenvalue weighted by Crippen LogP contribution is -2.22. The van der Waals surface area contributed by atoms with Crippen molar-refractivity contribution in [1.29, 1.82) is 0 Å². The molecular weight excluding hydrogens is 274 g/mol. The van der Waals surface area contributed by atoms with Crippen LogP contribution in [-0.2, 0) is 9.53 Å². The Hall–Kier alpha value is -0.840. The molecule has 1 heterocycles. The van der Waals surface area contributed by atoms with Gasteiger partial charge in [-0.15, -0.1) is 0 Å². The van der Waals surface area contributed by atoms with Crippen molar-refractivity contribution in [2.75, 3.05) is 7.11 Å². The molecule has 88 valence electrons. The first-order valence-corrected chi connectivity index (χ1v) is 6.19. The second kappa shape index (κ2) is 4.99. The monoisotopic (exact) mass is 287 g/mol. The van der Waals surface area contributed by atoms with Crippen LogP contribution in [0.25, 0.3) is 0 Å². The lowest BCUT2D eigenvalue weighted by atomic mass is 9.80. The smallest absolute Gasteiger partial charge is 0.308 e. The average Bonchev–Trinajstić information content (AvgIpc) is 2.75. The first-order valence-electron chi connectivity index (χ1n) is 5.40. The van der Waals surface area contributed by atoms with Crippen molar-refractivity contribution >= 4 is 21.9 Å². The molecule has 16 heavy (non-hydrogen) atoms. The zero-order chi connectivity index (χ0) is 11.5. The predicted molar refractivity (Wildman–Crippen MR) is 60.9 cm³/mol. The Kier molecular flexibility index (Phi) is 3.63. The third-order valence-corrected chi connectivity index (χ3v) is 3.79. The zero-order valence-electron chi connectivity index (χ0n) is 9.11. The van der Waals surface area contributed by atoms with E-state index in [4.69, 9.17) is 9.26 Å². The van der Waals surface area contributed by atoms with E-state index in [1.807, 2.05) is 0 Å². The molecule has 0 amide bonds. The van der Waals surface area contributed by atoms with E-state index >= 15 is 0 Å². The second-order valence-corrected chi connectivity index (χ2v) is 4.97. The molecule has 1 aromatic heterocycles. The molecule has 1 aliphatic rings. The first-order chi connectivity index (χ1) is 7.72. The molecule has 0 aliphatic heterocycles. The van der Waals surface area contributed by atoms with E-state index < -0.39 is 0 Å². The lowest BCUT2D eigenvalue weighted by Gasteiger charge is -2.25. The van der Waals surface area contributed by atoms with Crippen LogP contribution in [0.3, 0.4) is 0 Å². The van der Waals surface area contributed by atoms with Crippen molar-refractivity contribution in [2.24, 2.45) is 5.92 Å². The molecule has 1 aliphatic carbocycles. The molecule has 1 fully saturated rings. The van der Waals surface area contributed by atoms with Crippen molar-refractivity contribution in [2.45, 2.75) is 31.6 Å². The minimum atomic E-state index is -0.0855. The molecule has 0 saturated heterocycles. The average molecular weight is 288 g/mol. The van der Waals surface area contributed by atoms with Gasteiger partial charge in [-0.2, -0.15) is 0 Å². The summed E-state index contributed by atoms with van der Waals surface area (Å²) in [7, 11) is 1.45. The van der Waals surface area contributed by atoms with Crippen LogP contribution in [0.2, 0.25) is 0 Å². The van der Waals surface area contributed by atoms with E-state index in [9.17, 15) is 4.79 Å². The van der Waals surface area contributed by atoms with Crippen molar-refractivity contribution in [3.8, 4) is 0 Å². The van der Waals surface area contributed by atoms with Crippen LogP contribution in [0.15, 0.2) is 15.3 Å². The molecule has 1 aromatic rings. The molecular formula is C11H14BrNO3. The number of esters is 1. The van der Waals surface area contributed by atoms with E-state index in [0.29, 0.717) is 5.92 Å². The minimum Gasteiger partial charge on any atom is -0.469 e. The largest absolute Gasteiger partial charge is 0.469 e. The van der Waals surface area contributed by atoms with E-state index in [0.717, 1.165) is 35.8 Å². The number of halogens is 1. The van der Waals surface area contributed by atoms with Crippen molar-refractivity contribution in [3.63, 3.8) is 0 Å². The number of rotatable bonds is 2. The minimum absolute atomic E-state index is 0.0620. The van der Waals surface area contributed by atoms with Crippen molar-refractivity contribution < 1.29 is 14.1 Å². The number of carbonyl (C=O) groups excluding carboxylic acids is 1. The quantitative estimate of drug-likeness (QED) is 0.785. The van der Waals surface area contributed by atoms with Crippen LogP contribution >= 0.6 is 15.9 Å². The summed E-state index contributed by atoms with van der Waals surface area (Å²) in [6, 6.07) is 0. The maximum absolute atomic E-state index is 11.4. The van der Waals surface area contributed by atoms with Crippen molar-refractivity contribution in [1.82, 2.24) is 5.16 Å². The normalized spacial score (nSPS) is 25.4. The molecule has 2 rings (SSSR count). The highest BCUT2D eigenvalue weighted by molar-refractivity contribution is 9.10. The standard InChI is InChI=1S/C11H14BrNO3/c1-15-11(14)8-4-2-7(3-5-8)10-9(12)6-16-13-10/h6-8H,2-5H2,1H3. The lowest BCUT2D eigenvalue weighted by molar-refractivity contribution is -0.146. The van der Waals surface area contributed by atoms with Gasteiger partial charge in [-0.1, -0.05) is 5.16 Å². The fourth-order valence-electron chi connectivity index (χ4n) is 2.27. The van der Waals surface area contributed by atoms with Gasteiger partial charge in [-0.05, 0) is 41.6 Å². The van der Waals surface area contributed by atoms with E-state index in [1.54, 1.807) is 6.26 Å². The Labute approximate surface area is 102 Å².